The van der Waals surface area contributed by atoms with Gasteiger partial charge >= 0.3 is 0 Å². The van der Waals surface area contributed by atoms with Gasteiger partial charge in [-0.05, 0) is 75.8 Å². The number of nitrogens with zero attached hydrogens (tertiary/aromatic N) is 2. The fourth-order valence-corrected chi connectivity index (χ4v) is 5.15. The number of amides is 2. The lowest BCUT2D eigenvalue weighted by molar-refractivity contribution is 0.0924. The van der Waals surface area contributed by atoms with Crippen LogP contribution in [-0.2, 0) is 0 Å². The number of aromatic nitrogens is 1. The van der Waals surface area contributed by atoms with Crippen molar-refractivity contribution in [3.05, 3.63) is 53.2 Å². The number of Topliss-reactive ketones (excluding diaryl/α,β-unsaturated/α-hetero) is 1. The Morgan fingerprint density at radius 1 is 0.970 bits per heavy atom. The molecule has 0 radical (unpaired) electrons. The molecule has 3 atom stereocenters. The van der Waals surface area contributed by atoms with E-state index in [1.54, 1.807) is 31.3 Å². The molecule has 33 heavy (non-hydrogen) atoms. The quantitative estimate of drug-likeness (QED) is 0.562. The number of rotatable bonds is 7. The van der Waals surface area contributed by atoms with Crippen molar-refractivity contribution in [3.8, 4) is 0 Å². The van der Waals surface area contributed by atoms with Crippen LogP contribution in [0.2, 0.25) is 0 Å². The van der Waals surface area contributed by atoms with Crippen LogP contribution in [0.4, 0.5) is 11.5 Å². The third kappa shape index (κ3) is 4.42. The van der Waals surface area contributed by atoms with Crippen LogP contribution in [-0.4, -0.2) is 46.7 Å². The Hall–Kier alpha value is -3.42. The molecule has 2 aliphatic heterocycles. The van der Waals surface area contributed by atoms with Gasteiger partial charge in [0, 0.05) is 47.2 Å². The number of nitrogens with one attached hydrogen (secondary N) is 2. The molecule has 1 unspecified atom stereocenters. The number of fused-ring (bicyclic) bond motifs is 2. The first-order valence-corrected chi connectivity index (χ1v) is 11.7. The molecule has 2 saturated heterocycles. The maximum absolute atomic E-state index is 13.0. The third-order valence-corrected chi connectivity index (χ3v) is 6.97. The molecule has 1 aromatic heterocycles. The number of piperidine rings is 1. The van der Waals surface area contributed by atoms with E-state index in [2.05, 4.69) is 20.5 Å². The number of carbonyl (C=O) groups excluding carboxylic acids is 3. The van der Waals surface area contributed by atoms with Crippen molar-refractivity contribution in [1.82, 2.24) is 10.3 Å². The van der Waals surface area contributed by atoms with Crippen LogP contribution in [0.25, 0.3) is 0 Å². The van der Waals surface area contributed by atoms with Gasteiger partial charge in [0.1, 0.15) is 5.82 Å². The van der Waals surface area contributed by atoms with Crippen molar-refractivity contribution in [1.29, 1.82) is 0 Å². The molecule has 8 heteroatoms. The van der Waals surface area contributed by atoms with Crippen LogP contribution in [0.1, 0.15) is 76.5 Å². The second-order valence-electron chi connectivity index (χ2n) is 9.44. The summed E-state index contributed by atoms with van der Waals surface area (Å²) in [6.07, 6.45) is 7.60. The highest BCUT2D eigenvalue weighted by atomic mass is 16.2. The molecule has 2 aromatic rings. The first kappa shape index (κ1) is 21.4. The predicted molar refractivity (Wildman–Crippen MR) is 126 cm³/mol. The lowest BCUT2D eigenvalue weighted by atomic mass is 9.96. The first-order valence-electron chi connectivity index (χ1n) is 11.7. The number of pyridine rings is 1. The maximum Gasteiger partial charge on any atom is 0.251 e. The Bertz CT molecular complexity index is 1080. The van der Waals surface area contributed by atoms with E-state index in [9.17, 15) is 14.4 Å². The minimum Gasteiger partial charge on any atom is -0.382 e. The summed E-state index contributed by atoms with van der Waals surface area (Å²) in [6.45, 7) is 1.54. The average Bonchev–Trinajstić information content (AvgIpc) is 3.56. The molecule has 1 aromatic carbocycles. The number of benzene rings is 1. The van der Waals surface area contributed by atoms with Crippen molar-refractivity contribution in [2.75, 3.05) is 10.2 Å². The second-order valence-corrected chi connectivity index (χ2v) is 9.44. The monoisotopic (exact) mass is 447 g/mol. The number of primary amides is 1. The molecule has 5 rings (SSSR count). The highest BCUT2D eigenvalue weighted by Crippen LogP contribution is 2.38. The van der Waals surface area contributed by atoms with Crippen molar-refractivity contribution in [3.63, 3.8) is 0 Å². The van der Waals surface area contributed by atoms with E-state index < -0.39 is 5.91 Å². The van der Waals surface area contributed by atoms with Gasteiger partial charge in [-0.25, -0.2) is 4.98 Å². The Morgan fingerprint density at radius 2 is 1.67 bits per heavy atom. The smallest absolute Gasteiger partial charge is 0.251 e. The highest BCUT2D eigenvalue weighted by Gasteiger charge is 2.41. The zero-order valence-corrected chi connectivity index (χ0v) is 18.7. The summed E-state index contributed by atoms with van der Waals surface area (Å²) in [5, 5.41) is 6.51. The molecule has 172 valence electrons. The summed E-state index contributed by atoms with van der Waals surface area (Å²) < 4.78 is 0. The average molecular weight is 448 g/mol. The minimum absolute atomic E-state index is 0.0118. The molecule has 1 saturated carbocycles. The molecule has 3 fully saturated rings. The van der Waals surface area contributed by atoms with Crippen LogP contribution < -0.4 is 21.3 Å². The van der Waals surface area contributed by atoms with Gasteiger partial charge in [-0.1, -0.05) is 0 Å². The molecule has 0 spiro atoms. The van der Waals surface area contributed by atoms with E-state index >= 15 is 0 Å². The molecule has 3 heterocycles. The van der Waals surface area contributed by atoms with E-state index in [4.69, 9.17) is 5.73 Å². The minimum atomic E-state index is -0.501. The molecule has 2 amide bonds. The van der Waals surface area contributed by atoms with E-state index in [1.807, 2.05) is 12.1 Å². The van der Waals surface area contributed by atoms with Crippen LogP contribution in [0, 0.1) is 0 Å². The lowest BCUT2D eigenvalue weighted by Crippen LogP contribution is -2.50. The largest absolute Gasteiger partial charge is 0.382 e. The molecule has 1 aliphatic carbocycles. The molecular weight excluding hydrogens is 418 g/mol. The maximum atomic E-state index is 13.0. The van der Waals surface area contributed by atoms with Gasteiger partial charge in [0.2, 0.25) is 0 Å². The van der Waals surface area contributed by atoms with Gasteiger partial charge in [-0.15, -0.1) is 0 Å². The van der Waals surface area contributed by atoms with Gasteiger partial charge in [-0.3, -0.25) is 14.4 Å². The van der Waals surface area contributed by atoms with Gasteiger partial charge in [0.15, 0.2) is 5.78 Å². The first-order chi connectivity index (χ1) is 15.9. The van der Waals surface area contributed by atoms with E-state index in [0.717, 1.165) is 44.3 Å². The summed E-state index contributed by atoms with van der Waals surface area (Å²) in [6, 6.07) is 9.85. The van der Waals surface area contributed by atoms with Crippen molar-refractivity contribution in [2.45, 2.75) is 69.6 Å². The number of nitrogens with two attached hydrogens (primary N) is 1. The van der Waals surface area contributed by atoms with E-state index in [-0.39, 0.29) is 17.7 Å². The number of hydrogen-bond acceptors (Lipinski definition) is 6. The van der Waals surface area contributed by atoms with E-state index in [1.165, 1.54) is 0 Å². The van der Waals surface area contributed by atoms with Crippen molar-refractivity contribution < 1.29 is 14.4 Å². The highest BCUT2D eigenvalue weighted by molar-refractivity contribution is 6.02. The van der Waals surface area contributed by atoms with E-state index in [0.29, 0.717) is 40.5 Å². The zero-order valence-electron chi connectivity index (χ0n) is 18.7. The Kier molecular flexibility index (Phi) is 5.52. The topological polar surface area (TPSA) is 117 Å². The Labute approximate surface area is 192 Å². The fraction of sp³-hybridized carbons (Fsp3) is 0.440. The molecule has 4 N–H and O–H groups in total. The van der Waals surface area contributed by atoms with Crippen LogP contribution in [0.3, 0.4) is 0 Å². The lowest BCUT2D eigenvalue weighted by Gasteiger charge is -2.40. The molecular formula is C25H29N5O3. The number of anilines is 2. The van der Waals surface area contributed by atoms with Crippen LogP contribution >= 0.6 is 0 Å². The Balaban J connectivity index is 1.26. The van der Waals surface area contributed by atoms with Crippen molar-refractivity contribution in [2.24, 2.45) is 5.73 Å². The SMILES string of the molecule is CC(=O)c1ccc(N2[C@@H]3CC[C@H]2CC(NC(=O)c2ccc(C(N)=O)c(NC4CC4)c2)C3)nc1. The molecule has 3 aliphatic rings. The summed E-state index contributed by atoms with van der Waals surface area (Å²) in [5.74, 6) is 0.276. The number of ketones is 1. The van der Waals surface area contributed by atoms with Gasteiger partial charge in [0.25, 0.3) is 11.8 Å². The Morgan fingerprint density at radius 3 is 2.24 bits per heavy atom. The second kappa shape index (κ2) is 8.50. The summed E-state index contributed by atoms with van der Waals surface area (Å²) in [5.41, 5.74) is 7.69. The fourth-order valence-electron chi connectivity index (χ4n) is 5.15. The zero-order chi connectivity index (χ0) is 23.1. The molecule has 2 bridgehead atoms. The number of hydrogen-bond donors (Lipinski definition) is 3. The standard InChI is InChI=1S/C25H29N5O3/c1-14(31)16-3-9-23(27-13-16)30-19-6-7-20(30)12-18(11-19)29-25(33)15-2-8-21(24(26)32)22(10-15)28-17-4-5-17/h2-3,8-10,13,17-20,28H,4-7,11-12H2,1H3,(H2,26,32)(H,29,33)/t18?,19-,20+. The summed E-state index contributed by atoms with van der Waals surface area (Å²) >= 11 is 0. The number of carbonyl (C=O) groups is 3. The van der Waals surface area contributed by atoms with Crippen LogP contribution in [0.15, 0.2) is 36.5 Å². The van der Waals surface area contributed by atoms with Gasteiger partial charge < -0.3 is 21.3 Å². The third-order valence-electron chi connectivity index (χ3n) is 6.97. The van der Waals surface area contributed by atoms with Gasteiger partial charge in [0.05, 0.1) is 5.56 Å². The predicted octanol–water partition coefficient (Wildman–Crippen LogP) is 2.89. The van der Waals surface area contributed by atoms with Crippen LogP contribution in [0.5, 0.6) is 0 Å². The molecule has 8 nitrogen and oxygen atoms in total. The normalized spacial score (nSPS) is 23.8. The summed E-state index contributed by atoms with van der Waals surface area (Å²) in [4.78, 5) is 43.2. The van der Waals surface area contributed by atoms with Gasteiger partial charge in [-0.2, -0.15) is 0 Å². The van der Waals surface area contributed by atoms with Crippen molar-refractivity contribution >= 4 is 29.1 Å². The summed E-state index contributed by atoms with van der Waals surface area (Å²) in [7, 11) is 0.